The average Bonchev–Trinajstić information content (AvgIpc) is 2.81. The first-order valence-electron chi connectivity index (χ1n) is 10.6. The van der Waals surface area contributed by atoms with E-state index < -0.39 is 10.0 Å². The Hall–Kier alpha value is -3.39. The van der Waals surface area contributed by atoms with E-state index in [1.807, 2.05) is 25.1 Å². The number of anilines is 3. The second kappa shape index (κ2) is 9.40. The van der Waals surface area contributed by atoms with Crippen molar-refractivity contribution in [3.63, 3.8) is 0 Å². The van der Waals surface area contributed by atoms with Crippen molar-refractivity contribution in [1.82, 2.24) is 4.98 Å². The van der Waals surface area contributed by atoms with Gasteiger partial charge in [-0.1, -0.05) is 18.2 Å². The zero-order valence-electron chi connectivity index (χ0n) is 17.9. The first kappa shape index (κ1) is 21.8. The number of amides is 1. The molecule has 0 aliphatic carbocycles. The third-order valence-corrected chi connectivity index (χ3v) is 6.89. The number of nitrogens with zero attached hydrogens (tertiary/aromatic N) is 2. The minimum absolute atomic E-state index is 0.0905. The molecule has 1 amide bonds. The van der Waals surface area contributed by atoms with Crippen LogP contribution in [-0.4, -0.2) is 32.4 Å². The van der Waals surface area contributed by atoms with E-state index >= 15 is 0 Å². The number of carbonyl (C=O) groups excluding carboxylic acids is 1. The van der Waals surface area contributed by atoms with Crippen molar-refractivity contribution >= 4 is 33.1 Å². The Morgan fingerprint density at radius 1 is 0.906 bits per heavy atom. The number of aromatic nitrogens is 1. The molecule has 1 aliphatic heterocycles. The van der Waals surface area contributed by atoms with Gasteiger partial charge in [0.05, 0.1) is 16.3 Å². The lowest BCUT2D eigenvalue weighted by Gasteiger charge is -2.29. The Morgan fingerprint density at radius 3 is 2.31 bits per heavy atom. The Morgan fingerprint density at radius 2 is 1.59 bits per heavy atom. The molecule has 1 saturated heterocycles. The van der Waals surface area contributed by atoms with Crippen molar-refractivity contribution in [3.05, 3.63) is 78.0 Å². The second-order valence-electron chi connectivity index (χ2n) is 7.82. The van der Waals surface area contributed by atoms with Crippen LogP contribution in [0.3, 0.4) is 0 Å². The zero-order chi connectivity index (χ0) is 22.6. The van der Waals surface area contributed by atoms with Gasteiger partial charge in [-0.15, -0.1) is 0 Å². The lowest BCUT2D eigenvalue weighted by molar-refractivity contribution is 0.102. The van der Waals surface area contributed by atoms with Crippen LogP contribution in [0, 0.1) is 6.92 Å². The lowest BCUT2D eigenvalue weighted by Crippen LogP contribution is -2.31. The quantitative estimate of drug-likeness (QED) is 0.580. The minimum atomic E-state index is -3.76. The molecule has 0 unspecified atom stereocenters. The Labute approximate surface area is 188 Å². The Balaban J connectivity index is 1.49. The molecule has 1 fully saturated rings. The number of sulfonamides is 1. The molecule has 3 aromatic rings. The highest BCUT2D eigenvalue weighted by Gasteiger charge is 2.19. The van der Waals surface area contributed by atoms with E-state index in [1.54, 1.807) is 24.4 Å². The average molecular weight is 451 g/mol. The van der Waals surface area contributed by atoms with Crippen molar-refractivity contribution < 1.29 is 13.2 Å². The van der Waals surface area contributed by atoms with Gasteiger partial charge in [0, 0.05) is 24.8 Å². The molecule has 1 aliphatic rings. The molecule has 8 heteroatoms. The molecule has 1 aromatic heterocycles. The van der Waals surface area contributed by atoms with Gasteiger partial charge in [0.1, 0.15) is 0 Å². The summed E-state index contributed by atoms with van der Waals surface area (Å²) in [5, 5.41) is 2.92. The third-order valence-electron chi connectivity index (χ3n) is 5.51. The Bertz CT molecular complexity index is 1200. The molecule has 2 heterocycles. The fourth-order valence-electron chi connectivity index (χ4n) is 3.72. The van der Waals surface area contributed by atoms with E-state index in [9.17, 15) is 13.2 Å². The van der Waals surface area contributed by atoms with E-state index in [-0.39, 0.29) is 10.8 Å². The number of hydrogen-bond donors (Lipinski definition) is 2. The molecular weight excluding hydrogens is 424 g/mol. The first-order valence-corrected chi connectivity index (χ1v) is 12.1. The topological polar surface area (TPSA) is 91.4 Å². The lowest BCUT2D eigenvalue weighted by atomic mass is 10.1. The molecule has 0 bridgehead atoms. The van der Waals surface area contributed by atoms with Crippen LogP contribution in [-0.2, 0) is 10.0 Å². The van der Waals surface area contributed by atoms with Crippen LogP contribution >= 0.6 is 0 Å². The summed E-state index contributed by atoms with van der Waals surface area (Å²) in [6.45, 7) is 3.67. The van der Waals surface area contributed by atoms with Gasteiger partial charge in [0.15, 0.2) is 5.82 Å². The Kier molecular flexibility index (Phi) is 6.41. The van der Waals surface area contributed by atoms with E-state index in [0.717, 1.165) is 37.3 Å². The van der Waals surface area contributed by atoms with E-state index in [2.05, 4.69) is 19.9 Å². The highest BCUT2D eigenvalue weighted by atomic mass is 32.2. The monoisotopic (exact) mass is 450 g/mol. The fraction of sp³-hybridized carbons (Fsp3) is 0.250. The second-order valence-corrected chi connectivity index (χ2v) is 9.50. The smallest absolute Gasteiger partial charge is 0.261 e. The summed E-state index contributed by atoms with van der Waals surface area (Å²) in [4.78, 5) is 19.6. The van der Waals surface area contributed by atoms with E-state index in [1.165, 1.54) is 30.7 Å². The van der Waals surface area contributed by atoms with Crippen LogP contribution in [0.1, 0.15) is 35.2 Å². The number of piperidine rings is 1. The summed E-state index contributed by atoms with van der Waals surface area (Å²) in [5.74, 6) is 0.453. The maximum absolute atomic E-state index is 12.8. The summed E-state index contributed by atoms with van der Waals surface area (Å²) in [5.41, 5.74) is 2.37. The zero-order valence-corrected chi connectivity index (χ0v) is 18.7. The maximum Gasteiger partial charge on any atom is 0.261 e. The first-order chi connectivity index (χ1) is 15.4. The molecule has 166 valence electrons. The molecule has 0 radical (unpaired) electrons. The summed E-state index contributed by atoms with van der Waals surface area (Å²) in [6.07, 6.45) is 5.15. The SMILES string of the molecule is Cc1ccccc1NS(=O)(=O)c1ccc(C(=O)Nc2cccnc2N2CCCCC2)cc1. The summed E-state index contributed by atoms with van der Waals surface area (Å²) >= 11 is 0. The van der Waals surface area contributed by atoms with Gasteiger partial charge in [-0.05, 0) is 74.2 Å². The highest BCUT2D eigenvalue weighted by Crippen LogP contribution is 2.26. The number of aryl methyl sites for hydroxylation is 1. The predicted molar refractivity (Wildman–Crippen MR) is 127 cm³/mol. The fourth-order valence-corrected chi connectivity index (χ4v) is 4.85. The number of para-hydroxylation sites is 1. The number of nitrogens with one attached hydrogen (secondary N) is 2. The van der Waals surface area contributed by atoms with Crippen molar-refractivity contribution in [2.75, 3.05) is 28.0 Å². The van der Waals surface area contributed by atoms with Crippen molar-refractivity contribution in [2.24, 2.45) is 0 Å². The molecule has 7 nitrogen and oxygen atoms in total. The van der Waals surface area contributed by atoms with Gasteiger partial charge in [0.25, 0.3) is 15.9 Å². The van der Waals surface area contributed by atoms with Crippen LogP contribution in [0.25, 0.3) is 0 Å². The minimum Gasteiger partial charge on any atom is -0.355 e. The molecule has 0 spiro atoms. The number of benzene rings is 2. The molecule has 2 aromatic carbocycles. The van der Waals surface area contributed by atoms with Crippen LogP contribution in [0.5, 0.6) is 0 Å². The number of carbonyl (C=O) groups is 1. The summed E-state index contributed by atoms with van der Waals surface area (Å²) in [7, 11) is -3.76. The highest BCUT2D eigenvalue weighted by molar-refractivity contribution is 7.92. The van der Waals surface area contributed by atoms with E-state index in [4.69, 9.17) is 0 Å². The normalized spacial score (nSPS) is 14.1. The molecule has 0 atom stereocenters. The molecule has 32 heavy (non-hydrogen) atoms. The van der Waals surface area contributed by atoms with Crippen LogP contribution in [0.2, 0.25) is 0 Å². The summed E-state index contributed by atoms with van der Waals surface area (Å²) in [6, 6.07) is 16.7. The van der Waals surface area contributed by atoms with Crippen LogP contribution in [0.4, 0.5) is 17.2 Å². The maximum atomic E-state index is 12.8. The van der Waals surface area contributed by atoms with E-state index in [0.29, 0.717) is 16.9 Å². The number of rotatable bonds is 6. The molecular formula is C24H26N4O3S. The molecule has 2 N–H and O–H groups in total. The van der Waals surface area contributed by atoms with Gasteiger partial charge in [0.2, 0.25) is 0 Å². The van der Waals surface area contributed by atoms with Crippen LogP contribution < -0.4 is 14.9 Å². The largest absolute Gasteiger partial charge is 0.355 e. The van der Waals surface area contributed by atoms with Crippen molar-refractivity contribution in [2.45, 2.75) is 31.1 Å². The van der Waals surface area contributed by atoms with Crippen molar-refractivity contribution in [3.8, 4) is 0 Å². The predicted octanol–water partition coefficient (Wildman–Crippen LogP) is 4.43. The van der Waals surface area contributed by atoms with Gasteiger partial charge in [-0.3, -0.25) is 9.52 Å². The van der Waals surface area contributed by atoms with Gasteiger partial charge in [-0.2, -0.15) is 0 Å². The number of hydrogen-bond acceptors (Lipinski definition) is 5. The molecule has 4 rings (SSSR count). The van der Waals surface area contributed by atoms with Gasteiger partial charge >= 0.3 is 0 Å². The summed E-state index contributed by atoms with van der Waals surface area (Å²) < 4.78 is 28.0. The standard InChI is InChI=1S/C24H26N4O3S/c1-18-8-3-4-9-21(18)27-32(30,31)20-13-11-19(12-14-20)24(29)26-22-10-7-15-25-23(22)28-16-5-2-6-17-28/h3-4,7-15,27H,2,5-6,16-17H2,1H3,(H,26,29). The third kappa shape index (κ3) is 4.91. The van der Waals surface area contributed by atoms with Gasteiger partial charge < -0.3 is 10.2 Å². The van der Waals surface area contributed by atoms with Crippen molar-refractivity contribution in [1.29, 1.82) is 0 Å². The number of pyridine rings is 1. The van der Waals surface area contributed by atoms with Crippen LogP contribution in [0.15, 0.2) is 71.8 Å². The van der Waals surface area contributed by atoms with Gasteiger partial charge in [-0.25, -0.2) is 13.4 Å². The molecule has 0 saturated carbocycles.